The average Bonchev–Trinajstić information content (AvgIpc) is 2.75. The van der Waals surface area contributed by atoms with E-state index in [2.05, 4.69) is 20.9 Å². The Labute approximate surface area is 144 Å². The van der Waals surface area contributed by atoms with Crippen LogP contribution in [0.2, 0.25) is 0 Å². The predicted molar refractivity (Wildman–Crippen MR) is 93.0 cm³/mol. The molecule has 128 valence electrons. The number of nitrogens with zero attached hydrogens (tertiary/aromatic N) is 1. The maximum Gasteiger partial charge on any atom is 0.417 e. The number of hydrogen-bond donors (Lipinski definition) is 1. The zero-order chi connectivity index (χ0) is 17.6. The fourth-order valence-corrected chi connectivity index (χ4v) is 3.50. The minimum absolute atomic E-state index is 0.0674. The molecule has 1 aromatic carbocycles. The number of aromatic nitrogens is 2. The second-order valence-corrected chi connectivity index (χ2v) is 6.62. The number of fused-ring (bicyclic) bond motifs is 3. The number of hydrogen-bond acceptors (Lipinski definition) is 1. The highest BCUT2D eigenvalue weighted by Crippen LogP contribution is 2.39. The van der Waals surface area contributed by atoms with Crippen LogP contribution in [0.25, 0.3) is 21.8 Å². The lowest BCUT2D eigenvalue weighted by Gasteiger charge is -2.12. The van der Waals surface area contributed by atoms with Gasteiger partial charge in [0.1, 0.15) is 0 Å². The first-order valence-corrected chi connectivity index (χ1v) is 8.66. The molecule has 2 aromatic heterocycles. The highest BCUT2D eigenvalue weighted by Gasteiger charge is 2.34. The van der Waals surface area contributed by atoms with E-state index < -0.39 is 17.3 Å². The summed E-state index contributed by atoms with van der Waals surface area (Å²) in [6.45, 7) is 4.46. The average molecular weight is 401 g/mol. The topological polar surface area (TPSA) is 37.8 Å². The third kappa shape index (κ3) is 2.64. The van der Waals surface area contributed by atoms with Crippen molar-refractivity contribution >= 4 is 37.7 Å². The summed E-state index contributed by atoms with van der Waals surface area (Å²) in [5, 5.41) is 1.45. The second-order valence-electron chi connectivity index (χ2n) is 5.83. The van der Waals surface area contributed by atoms with Crippen LogP contribution in [0.5, 0.6) is 0 Å². The lowest BCUT2D eigenvalue weighted by molar-refractivity contribution is -0.136. The molecule has 0 fully saturated rings. The van der Waals surface area contributed by atoms with E-state index in [4.69, 9.17) is 0 Å². The minimum Gasteiger partial charge on any atom is -0.345 e. The molecule has 0 aliphatic rings. The van der Waals surface area contributed by atoms with E-state index in [0.29, 0.717) is 11.5 Å². The molecule has 0 amide bonds. The molecular weight excluding hydrogens is 385 g/mol. The lowest BCUT2D eigenvalue weighted by atomic mass is 10.0. The van der Waals surface area contributed by atoms with Gasteiger partial charge in [0, 0.05) is 45.4 Å². The first kappa shape index (κ1) is 17.1. The Morgan fingerprint density at radius 3 is 2.54 bits per heavy atom. The summed E-state index contributed by atoms with van der Waals surface area (Å²) < 4.78 is 42.5. The Morgan fingerprint density at radius 1 is 1.21 bits per heavy atom. The molecule has 3 aromatic rings. The molecule has 0 aliphatic carbocycles. The smallest absolute Gasteiger partial charge is 0.345 e. The van der Waals surface area contributed by atoms with Crippen LogP contribution in [-0.4, -0.2) is 14.9 Å². The van der Waals surface area contributed by atoms with Crippen molar-refractivity contribution in [3.05, 3.63) is 45.4 Å². The fourth-order valence-electron chi connectivity index (χ4n) is 3.25. The molecule has 3 rings (SSSR count). The third-order valence-corrected chi connectivity index (χ3v) is 4.98. The molecule has 0 bridgehead atoms. The van der Waals surface area contributed by atoms with Crippen molar-refractivity contribution < 1.29 is 13.2 Å². The Morgan fingerprint density at radius 2 is 1.92 bits per heavy atom. The van der Waals surface area contributed by atoms with Gasteiger partial charge in [0.05, 0.1) is 5.56 Å². The monoisotopic (exact) mass is 400 g/mol. The number of benzene rings is 1. The molecule has 0 aliphatic heterocycles. The summed E-state index contributed by atoms with van der Waals surface area (Å²) in [5.41, 5.74) is 1.09. The molecule has 0 saturated heterocycles. The molecule has 0 saturated carbocycles. The van der Waals surface area contributed by atoms with Crippen molar-refractivity contribution in [2.75, 3.05) is 5.33 Å². The molecule has 3 nitrogen and oxygen atoms in total. The zero-order valence-corrected chi connectivity index (χ0v) is 14.8. The van der Waals surface area contributed by atoms with Crippen LogP contribution < -0.4 is 5.56 Å². The molecule has 2 heterocycles. The van der Waals surface area contributed by atoms with Crippen molar-refractivity contribution in [2.45, 2.75) is 33.0 Å². The summed E-state index contributed by atoms with van der Waals surface area (Å²) in [5.74, 6) is 0. The number of aryl methyl sites for hydroxylation is 2. The fraction of sp³-hybridized carbons (Fsp3) is 0.353. The first-order chi connectivity index (χ1) is 11.3. The molecular formula is C17H16BrF3N2O. The summed E-state index contributed by atoms with van der Waals surface area (Å²) in [4.78, 5) is 14.1. The molecule has 7 heteroatoms. The van der Waals surface area contributed by atoms with Crippen molar-refractivity contribution in [1.82, 2.24) is 9.55 Å². The van der Waals surface area contributed by atoms with E-state index in [-0.39, 0.29) is 10.9 Å². The third-order valence-electron chi connectivity index (χ3n) is 4.42. The summed E-state index contributed by atoms with van der Waals surface area (Å²) in [6, 6.07) is 3.98. The number of aromatic amines is 1. The van der Waals surface area contributed by atoms with Gasteiger partial charge >= 0.3 is 6.18 Å². The molecule has 24 heavy (non-hydrogen) atoms. The van der Waals surface area contributed by atoms with Crippen molar-refractivity contribution in [3.63, 3.8) is 0 Å². The number of nitrogens with one attached hydrogen (secondary N) is 1. The van der Waals surface area contributed by atoms with Crippen LogP contribution in [0.4, 0.5) is 13.2 Å². The van der Waals surface area contributed by atoms with Crippen LogP contribution in [0, 0.1) is 13.8 Å². The van der Waals surface area contributed by atoms with Gasteiger partial charge in [-0.3, -0.25) is 4.79 Å². The molecule has 0 unspecified atom stereocenters. The molecule has 0 spiro atoms. The van der Waals surface area contributed by atoms with Crippen LogP contribution in [0.15, 0.2) is 23.0 Å². The minimum atomic E-state index is -4.58. The number of alkyl halides is 4. The Hall–Kier alpha value is -1.76. The van der Waals surface area contributed by atoms with E-state index in [1.807, 2.05) is 18.4 Å². The van der Waals surface area contributed by atoms with Gasteiger partial charge < -0.3 is 9.55 Å². The van der Waals surface area contributed by atoms with Gasteiger partial charge in [-0.2, -0.15) is 13.2 Å². The van der Waals surface area contributed by atoms with Gasteiger partial charge in [-0.05, 0) is 38.0 Å². The Balaban J connectivity index is 2.49. The first-order valence-electron chi connectivity index (χ1n) is 7.54. The van der Waals surface area contributed by atoms with E-state index in [1.165, 1.54) is 0 Å². The number of rotatable bonds is 3. The number of pyridine rings is 1. The van der Waals surface area contributed by atoms with Gasteiger partial charge in [0.25, 0.3) is 0 Å². The molecule has 0 atom stereocenters. The van der Waals surface area contributed by atoms with E-state index in [0.717, 1.165) is 35.1 Å². The number of H-pyrrole nitrogens is 1. The van der Waals surface area contributed by atoms with Crippen molar-refractivity contribution in [3.8, 4) is 0 Å². The largest absolute Gasteiger partial charge is 0.417 e. The van der Waals surface area contributed by atoms with Crippen LogP contribution >= 0.6 is 15.9 Å². The lowest BCUT2D eigenvalue weighted by Crippen LogP contribution is -2.14. The second kappa shape index (κ2) is 5.95. The maximum absolute atomic E-state index is 13.5. The van der Waals surface area contributed by atoms with Gasteiger partial charge in [0.15, 0.2) is 0 Å². The predicted octanol–water partition coefficient (Wildman–Crippen LogP) is 4.90. The highest BCUT2D eigenvalue weighted by molar-refractivity contribution is 9.09. The zero-order valence-electron chi connectivity index (χ0n) is 13.2. The van der Waals surface area contributed by atoms with Crippen LogP contribution in [0.1, 0.15) is 23.2 Å². The van der Waals surface area contributed by atoms with Gasteiger partial charge in [-0.25, -0.2) is 0 Å². The van der Waals surface area contributed by atoms with E-state index in [1.54, 1.807) is 12.1 Å². The van der Waals surface area contributed by atoms with Gasteiger partial charge in [-0.1, -0.05) is 15.9 Å². The molecule has 1 N–H and O–H groups in total. The Kier molecular flexibility index (Phi) is 4.23. The van der Waals surface area contributed by atoms with E-state index >= 15 is 0 Å². The quantitative estimate of drug-likeness (QED) is 0.623. The summed E-state index contributed by atoms with van der Waals surface area (Å²) in [7, 11) is 0. The van der Waals surface area contributed by atoms with Crippen molar-refractivity contribution in [1.29, 1.82) is 0 Å². The SMILES string of the molecule is Cc1c(C)n(CCCBr)c2ccc3[nH]c(=O)cc(C(F)(F)F)c3c12. The highest BCUT2D eigenvalue weighted by atomic mass is 79.9. The van der Waals surface area contributed by atoms with Gasteiger partial charge in [-0.15, -0.1) is 0 Å². The van der Waals surface area contributed by atoms with Crippen LogP contribution in [0.3, 0.4) is 0 Å². The summed E-state index contributed by atoms with van der Waals surface area (Å²) >= 11 is 3.39. The Bertz CT molecular complexity index is 986. The maximum atomic E-state index is 13.5. The standard InChI is InChI=1S/C17H16BrF3N2O/c1-9-10(2)23(7-3-6-18)13-5-4-12-16(15(9)13)11(17(19,20)21)8-14(24)22-12/h4-5,8H,3,6-7H2,1-2H3,(H,22,24). The molecule has 0 radical (unpaired) electrons. The normalized spacial score (nSPS) is 12.4. The van der Waals surface area contributed by atoms with Crippen molar-refractivity contribution in [2.24, 2.45) is 0 Å². The summed E-state index contributed by atoms with van der Waals surface area (Å²) in [6.07, 6.45) is -3.71. The number of halogens is 4. The van der Waals surface area contributed by atoms with Crippen LogP contribution in [-0.2, 0) is 12.7 Å². The van der Waals surface area contributed by atoms with E-state index in [9.17, 15) is 18.0 Å². The van der Waals surface area contributed by atoms with Gasteiger partial charge in [0.2, 0.25) is 5.56 Å².